The molecule has 1 saturated heterocycles. The van der Waals surface area contributed by atoms with Crippen LogP contribution in [0.5, 0.6) is 0 Å². The Bertz CT molecular complexity index is 1170. The first-order chi connectivity index (χ1) is 15.5. The number of amides is 1. The minimum Gasteiger partial charge on any atom is -0.383 e. The molecule has 2 aliphatic rings. The van der Waals surface area contributed by atoms with Gasteiger partial charge in [-0.05, 0) is 57.0 Å². The third-order valence-electron chi connectivity index (χ3n) is 6.85. The summed E-state index contributed by atoms with van der Waals surface area (Å²) in [6, 6.07) is 8.37. The molecule has 1 aromatic carbocycles. The molecule has 2 aliphatic heterocycles. The maximum absolute atomic E-state index is 13.7. The molecule has 0 N–H and O–H groups in total. The monoisotopic (exact) mass is 434 g/mol. The average molecular weight is 435 g/mol. The summed E-state index contributed by atoms with van der Waals surface area (Å²) < 4.78 is 20.6. The van der Waals surface area contributed by atoms with E-state index in [1.807, 2.05) is 31.0 Å². The summed E-state index contributed by atoms with van der Waals surface area (Å²) in [5, 5.41) is 0. The topological polar surface area (TPSA) is 60.2 Å². The van der Waals surface area contributed by atoms with Crippen LogP contribution in [0.3, 0.4) is 0 Å². The first kappa shape index (κ1) is 20.8. The number of hydrogen-bond acceptors (Lipinski definition) is 4. The number of nitrogens with zero attached hydrogens (tertiary/aromatic N) is 4. The summed E-state index contributed by atoms with van der Waals surface area (Å²) >= 11 is 0. The molecule has 0 saturated carbocycles. The lowest BCUT2D eigenvalue weighted by molar-refractivity contribution is 0.0643. The van der Waals surface area contributed by atoms with E-state index in [0.29, 0.717) is 12.4 Å². The number of aromatic nitrogens is 3. The minimum absolute atomic E-state index is 0.000508. The Morgan fingerprint density at radius 3 is 2.75 bits per heavy atom. The molecule has 166 valence electrons. The molecule has 2 bridgehead atoms. The van der Waals surface area contributed by atoms with Crippen molar-refractivity contribution in [1.82, 2.24) is 19.4 Å². The Hall–Kier alpha value is -3.06. The zero-order chi connectivity index (χ0) is 22.4. The van der Waals surface area contributed by atoms with Gasteiger partial charge in [-0.15, -0.1) is 0 Å². The molecular weight excluding hydrogens is 407 g/mol. The SMILES string of the molecule is COCCn1c(C)cc(C(=O)N2[C@H]3CC[C@@H]2c2cnc(-c4ccc(F)cc4)nc2C3)c1C. The lowest BCUT2D eigenvalue weighted by atomic mass is 9.97. The van der Waals surface area contributed by atoms with Gasteiger partial charge in [-0.1, -0.05) is 0 Å². The molecule has 6 nitrogen and oxygen atoms in total. The molecule has 32 heavy (non-hydrogen) atoms. The van der Waals surface area contributed by atoms with Gasteiger partial charge in [0, 0.05) is 54.8 Å². The number of rotatable bonds is 5. The van der Waals surface area contributed by atoms with Crippen LogP contribution in [0.15, 0.2) is 36.5 Å². The molecule has 0 aliphatic carbocycles. The summed E-state index contributed by atoms with van der Waals surface area (Å²) in [6.07, 6.45) is 4.46. The molecule has 0 unspecified atom stereocenters. The maximum atomic E-state index is 13.7. The second-order valence-corrected chi connectivity index (χ2v) is 8.70. The number of benzene rings is 1. The van der Waals surface area contributed by atoms with Crippen LogP contribution in [0.1, 0.15) is 51.9 Å². The predicted octanol–water partition coefficient (Wildman–Crippen LogP) is 4.25. The van der Waals surface area contributed by atoms with Gasteiger partial charge in [0.2, 0.25) is 0 Å². The average Bonchev–Trinajstić information content (AvgIpc) is 3.26. The number of fused-ring (bicyclic) bond motifs is 4. The number of carbonyl (C=O) groups excluding carboxylic acids is 1. The van der Waals surface area contributed by atoms with Crippen molar-refractivity contribution in [3.63, 3.8) is 0 Å². The van der Waals surface area contributed by atoms with Gasteiger partial charge in [0.25, 0.3) is 5.91 Å². The Balaban J connectivity index is 1.45. The summed E-state index contributed by atoms with van der Waals surface area (Å²) in [4.78, 5) is 25.1. The van der Waals surface area contributed by atoms with E-state index in [2.05, 4.69) is 9.55 Å². The van der Waals surface area contributed by atoms with Gasteiger partial charge in [0.1, 0.15) is 5.82 Å². The Morgan fingerprint density at radius 2 is 2.00 bits per heavy atom. The summed E-state index contributed by atoms with van der Waals surface area (Å²) in [5.41, 5.74) is 5.65. The van der Waals surface area contributed by atoms with Crippen LogP contribution >= 0.6 is 0 Å². The van der Waals surface area contributed by atoms with Crippen LogP contribution in [0.4, 0.5) is 4.39 Å². The van der Waals surface area contributed by atoms with Gasteiger partial charge < -0.3 is 14.2 Å². The van der Waals surface area contributed by atoms with Crippen molar-refractivity contribution < 1.29 is 13.9 Å². The van der Waals surface area contributed by atoms with E-state index < -0.39 is 0 Å². The minimum atomic E-state index is -0.277. The highest BCUT2D eigenvalue weighted by Crippen LogP contribution is 2.44. The predicted molar refractivity (Wildman–Crippen MR) is 119 cm³/mol. The number of ether oxygens (including phenoxy) is 1. The Kier molecular flexibility index (Phi) is 5.29. The van der Waals surface area contributed by atoms with E-state index in [1.165, 1.54) is 12.1 Å². The van der Waals surface area contributed by atoms with Crippen molar-refractivity contribution in [3.8, 4) is 11.4 Å². The van der Waals surface area contributed by atoms with Gasteiger partial charge in [-0.2, -0.15) is 0 Å². The standard InChI is InChI=1S/C25H27FN4O2/c1-15-12-20(16(2)29(15)10-11-32-3)25(31)30-19-8-9-23(30)21-14-27-24(28-22(21)13-19)17-4-6-18(26)7-5-17/h4-7,12,14,19,23H,8-11,13H2,1-3H3/t19-,23+/m0/s1. The molecule has 1 fully saturated rings. The highest BCUT2D eigenvalue weighted by molar-refractivity contribution is 5.96. The smallest absolute Gasteiger partial charge is 0.256 e. The summed E-state index contributed by atoms with van der Waals surface area (Å²) in [7, 11) is 1.69. The van der Waals surface area contributed by atoms with Crippen molar-refractivity contribution in [3.05, 3.63) is 70.6 Å². The molecule has 4 heterocycles. The summed E-state index contributed by atoms with van der Waals surface area (Å²) in [5.74, 6) is 0.410. The van der Waals surface area contributed by atoms with Crippen molar-refractivity contribution in [2.24, 2.45) is 0 Å². The van der Waals surface area contributed by atoms with E-state index in [-0.39, 0.29) is 23.8 Å². The molecule has 0 spiro atoms. The maximum Gasteiger partial charge on any atom is 0.256 e. The van der Waals surface area contributed by atoms with E-state index in [1.54, 1.807) is 19.2 Å². The quantitative estimate of drug-likeness (QED) is 0.602. The number of hydrogen-bond donors (Lipinski definition) is 0. The lowest BCUT2D eigenvalue weighted by Gasteiger charge is -2.35. The van der Waals surface area contributed by atoms with Crippen molar-refractivity contribution >= 4 is 5.91 Å². The largest absolute Gasteiger partial charge is 0.383 e. The van der Waals surface area contributed by atoms with Crippen molar-refractivity contribution in [2.45, 2.75) is 51.7 Å². The van der Waals surface area contributed by atoms with Gasteiger partial charge in [-0.3, -0.25) is 4.79 Å². The Labute approximate surface area is 187 Å². The van der Waals surface area contributed by atoms with Gasteiger partial charge in [-0.25, -0.2) is 14.4 Å². The number of halogens is 1. The zero-order valence-electron chi connectivity index (χ0n) is 18.6. The fraction of sp³-hybridized carbons (Fsp3) is 0.400. The lowest BCUT2D eigenvalue weighted by Crippen LogP contribution is -2.42. The van der Waals surface area contributed by atoms with E-state index in [4.69, 9.17) is 9.72 Å². The first-order valence-electron chi connectivity index (χ1n) is 11.1. The van der Waals surface area contributed by atoms with Crippen molar-refractivity contribution in [2.75, 3.05) is 13.7 Å². The van der Waals surface area contributed by atoms with Crippen LogP contribution in [-0.4, -0.2) is 45.1 Å². The van der Waals surface area contributed by atoms with Crippen molar-refractivity contribution in [1.29, 1.82) is 0 Å². The van der Waals surface area contributed by atoms with E-state index in [9.17, 15) is 9.18 Å². The third-order valence-corrected chi connectivity index (χ3v) is 6.85. The van der Waals surface area contributed by atoms with Crippen LogP contribution < -0.4 is 0 Å². The molecule has 0 radical (unpaired) electrons. The van der Waals surface area contributed by atoms with Gasteiger partial charge >= 0.3 is 0 Å². The summed E-state index contributed by atoms with van der Waals surface area (Å²) in [6.45, 7) is 5.38. The number of carbonyl (C=O) groups is 1. The number of aryl methyl sites for hydroxylation is 1. The van der Waals surface area contributed by atoms with E-state index in [0.717, 1.165) is 59.6 Å². The molecule has 2 atom stereocenters. The molecular formula is C25H27FN4O2. The second-order valence-electron chi connectivity index (χ2n) is 8.70. The normalized spacial score (nSPS) is 19.3. The van der Waals surface area contributed by atoms with Crippen LogP contribution in [-0.2, 0) is 17.7 Å². The Morgan fingerprint density at radius 1 is 1.22 bits per heavy atom. The molecule has 3 aromatic rings. The highest BCUT2D eigenvalue weighted by Gasteiger charge is 2.44. The second kappa shape index (κ2) is 8.13. The third kappa shape index (κ3) is 3.41. The van der Waals surface area contributed by atoms with Crippen LogP contribution in [0, 0.1) is 19.7 Å². The van der Waals surface area contributed by atoms with E-state index >= 15 is 0 Å². The molecule has 1 amide bonds. The molecule has 2 aromatic heterocycles. The van der Waals surface area contributed by atoms with Gasteiger partial charge in [0.05, 0.1) is 23.9 Å². The first-order valence-corrected chi connectivity index (χ1v) is 11.1. The van der Waals surface area contributed by atoms with Crippen LogP contribution in [0.2, 0.25) is 0 Å². The number of methoxy groups -OCH3 is 1. The zero-order valence-corrected chi connectivity index (χ0v) is 18.6. The highest BCUT2D eigenvalue weighted by atomic mass is 19.1. The fourth-order valence-corrected chi connectivity index (χ4v) is 5.21. The fourth-order valence-electron chi connectivity index (χ4n) is 5.21. The molecule has 5 rings (SSSR count). The van der Waals surface area contributed by atoms with Gasteiger partial charge in [0.15, 0.2) is 5.82 Å². The van der Waals surface area contributed by atoms with Crippen LogP contribution in [0.25, 0.3) is 11.4 Å². The molecule has 7 heteroatoms.